The number of hydrogen-bond donors (Lipinski definition) is 0. The van der Waals surface area contributed by atoms with E-state index in [0.717, 1.165) is 16.1 Å². The zero-order valence-electron chi connectivity index (χ0n) is 16.5. The Morgan fingerprint density at radius 2 is 1.87 bits per heavy atom. The number of carbonyl (C=O) groups excluding carboxylic acids is 1. The second-order valence-electron chi connectivity index (χ2n) is 6.90. The number of fused-ring (bicyclic) bond motifs is 1. The number of hydrogen-bond acceptors (Lipinski definition) is 7. The molecule has 0 fully saturated rings. The van der Waals surface area contributed by atoms with E-state index in [1.807, 2.05) is 66.0 Å². The number of anilines is 1. The van der Waals surface area contributed by atoms with Crippen molar-refractivity contribution in [3.63, 3.8) is 0 Å². The fourth-order valence-electron chi connectivity index (χ4n) is 3.30. The summed E-state index contributed by atoms with van der Waals surface area (Å²) in [6.45, 7) is 1.42. The first-order chi connectivity index (χ1) is 15.3. The van der Waals surface area contributed by atoms with Crippen LogP contribution in [0.15, 0.2) is 66.0 Å². The van der Waals surface area contributed by atoms with Crippen LogP contribution in [0.2, 0.25) is 0 Å². The average molecular weight is 433 g/mol. The summed E-state index contributed by atoms with van der Waals surface area (Å²) in [5.74, 6) is 1.65. The van der Waals surface area contributed by atoms with E-state index in [0.29, 0.717) is 37.1 Å². The molecule has 0 aliphatic carbocycles. The number of aromatic nitrogens is 4. The summed E-state index contributed by atoms with van der Waals surface area (Å²) < 4.78 is 11.3. The maximum atomic E-state index is 13.3. The predicted molar refractivity (Wildman–Crippen MR) is 116 cm³/mol. The van der Waals surface area contributed by atoms with Crippen molar-refractivity contribution in [2.75, 3.05) is 18.1 Å². The summed E-state index contributed by atoms with van der Waals surface area (Å²) in [4.78, 5) is 17.4. The Balaban J connectivity index is 1.40. The van der Waals surface area contributed by atoms with E-state index in [-0.39, 0.29) is 12.5 Å². The SMILES string of the molecule is O=C(Cn1nnc(-c2ccccc2)n1)N(Cc1cccs1)c1ccc2c(c1)OCCO2. The lowest BCUT2D eigenvalue weighted by Gasteiger charge is -2.25. The Hall–Kier alpha value is -3.72. The van der Waals surface area contributed by atoms with Gasteiger partial charge in [0.25, 0.3) is 5.91 Å². The highest BCUT2D eigenvalue weighted by molar-refractivity contribution is 7.09. The van der Waals surface area contributed by atoms with Gasteiger partial charge in [-0.1, -0.05) is 36.4 Å². The van der Waals surface area contributed by atoms with Gasteiger partial charge in [0.15, 0.2) is 11.5 Å². The Morgan fingerprint density at radius 1 is 1.03 bits per heavy atom. The van der Waals surface area contributed by atoms with Crippen molar-refractivity contribution in [1.82, 2.24) is 20.2 Å². The fourth-order valence-corrected chi connectivity index (χ4v) is 3.99. The molecule has 1 amide bonds. The number of tetrazole rings is 1. The molecule has 0 saturated heterocycles. The molecule has 0 atom stereocenters. The number of amides is 1. The van der Waals surface area contributed by atoms with Crippen LogP contribution < -0.4 is 14.4 Å². The fraction of sp³-hybridized carbons (Fsp3) is 0.182. The van der Waals surface area contributed by atoms with Crippen LogP contribution in [0, 0.1) is 0 Å². The third-order valence-electron chi connectivity index (χ3n) is 4.79. The molecule has 2 aromatic carbocycles. The molecule has 2 aromatic heterocycles. The minimum Gasteiger partial charge on any atom is -0.486 e. The molecule has 0 N–H and O–H groups in total. The third-order valence-corrected chi connectivity index (χ3v) is 5.66. The highest BCUT2D eigenvalue weighted by atomic mass is 32.1. The smallest absolute Gasteiger partial charge is 0.250 e. The van der Waals surface area contributed by atoms with Crippen LogP contribution >= 0.6 is 11.3 Å². The van der Waals surface area contributed by atoms with E-state index in [1.165, 1.54) is 4.80 Å². The molecule has 0 radical (unpaired) electrons. The Kier molecular flexibility index (Phi) is 5.32. The van der Waals surface area contributed by atoms with Gasteiger partial charge in [0.05, 0.1) is 6.54 Å². The molecule has 9 heteroatoms. The van der Waals surface area contributed by atoms with Crippen molar-refractivity contribution in [3.8, 4) is 22.9 Å². The van der Waals surface area contributed by atoms with Gasteiger partial charge in [-0.25, -0.2) is 0 Å². The molecule has 0 saturated carbocycles. The summed E-state index contributed by atoms with van der Waals surface area (Å²) in [6, 6.07) is 19.1. The van der Waals surface area contributed by atoms with E-state index in [4.69, 9.17) is 9.47 Å². The summed E-state index contributed by atoms with van der Waals surface area (Å²) in [5.41, 5.74) is 1.58. The molecule has 1 aliphatic rings. The van der Waals surface area contributed by atoms with E-state index in [2.05, 4.69) is 15.4 Å². The Bertz CT molecular complexity index is 1180. The van der Waals surface area contributed by atoms with Crippen molar-refractivity contribution >= 4 is 22.9 Å². The van der Waals surface area contributed by atoms with Crippen LogP contribution in [0.25, 0.3) is 11.4 Å². The van der Waals surface area contributed by atoms with Crippen LogP contribution in [0.1, 0.15) is 4.88 Å². The van der Waals surface area contributed by atoms with Crippen molar-refractivity contribution in [3.05, 3.63) is 70.9 Å². The summed E-state index contributed by atoms with van der Waals surface area (Å²) in [6.07, 6.45) is 0. The summed E-state index contributed by atoms with van der Waals surface area (Å²) in [5, 5.41) is 14.5. The first-order valence-corrected chi connectivity index (χ1v) is 10.7. The molecule has 0 bridgehead atoms. The molecular formula is C22H19N5O3S. The van der Waals surface area contributed by atoms with E-state index >= 15 is 0 Å². The molecular weight excluding hydrogens is 414 g/mol. The topological polar surface area (TPSA) is 82.4 Å². The minimum atomic E-state index is -0.151. The lowest BCUT2D eigenvalue weighted by Crippen LogP contribution is -2.34. The number of rotatable bonds is 6. The quantitative estimate of drug-likeness (QED) is 0.464. The van der Waals surface area contributed by atoms with Crippen molar-refractivity contribution < 1.29 is 14.3 Å². The molecule has 156 valence electrons. The summed E-state index contributed by atoms with van der Waals surface area (Å²) >= 11 is 1.60. The zero-order valence-corrected chi connectivity index (χ0v) is 17.4. The molecule has 31 heavy (non-hydrogen) atoms. The number of carbonyl (C=O) groups is 1. The average Bonchev–Trinajstić information content (AvgIpc) is 3.50. The monoisotopic (exact) mass is 433 g/mol. The van der Waals surface area contributed by atoms with E-state index in [9.17, 15) is 4.79 Å². The molecule has 3 heterocycles. The van der Waals surface area contributed by atoms with Crippen LogP contribution in [-0.2, 0) is 17.9 Å². The van der Waals surface area contributed by atoms with Gasteiger partial charge in [0.2, 0.25) is 5.82 Å². The van der Waals surface area contributed by atoms with Gasteiger partial charge in [-0.15, -0.1) is 21.5 Å². The van der Waals surface area contributed by atoms with Crippen LogP contribution in [0.3, 0.4) is 0 Å². The first kappa shape index (κ1) is 19.3. The lowest BCUT2D eigenvalue weighted by atomic mass is 10.2. The largest absolute Gasteiger partial charge is 0.486 e. The zero-order chi connectivity index (χ0) is 21.0. The van der Waals surface area contributed by atoms with Gasteiger partial charge in [-0.05, 0) is 28.8 Å². The normalized spacial score (nSPS) is 12.5. The minimum absolute atomic E-state index is 0.0281. The lowest BCUT2D eigenvalue weighted by molar-refractivity contribution is -0.119. The number of benzene rings is 2. The second kappa shape index (κ2) is 8.57. The third kappa shape index (κ3) is 4.26. The highest BCUT2D eigenvalue weighted by Crippen LogP contribution is 2.34. The standard InChI is InChI=1S/C22H19N5O3S/c28-21(15-27-24-22(23-25-27)16-5-2-1-3-6-16)26(14-18-7-4-12-31-18)17-8-9-19-20(13-17)30-11-10-29-19/h1-9,12-13H,10-11,14-15H2. The highest BCUT2D eigenvalue weighted by Gasteiger charge is 2.22. The molecule has 0 unspecified atom stereocenters. The van der Waals surface area contributed by atoms with Crippen LogP contribution in [-0.4, -0.2) is 39.3 Å². The van der Waals surface area contributed by atoms with E-state index < -0.39 is 0 Å². The Labute approximate surface area is 182 Å². The number of nitrogens with zero attached hydrogens (tertiary/aromatic N) is 5. The van der Waals surface area contributed by atoms with Gasteiger partial charge >= 0.3 is 0 Å². The molecule has 1 aliphatic heterocycles. The predicted octanol–water partition coefficient (Wildman–Crippen LogP) is 3.41. The van der Waals surface area contributed by atoms with E-state index in [1.54, 1.807) is 16.2 Å². The Morgan fingerprint density at radius 3 is 2.68 bits per heavy atom. The molecule has 5 rings (SSSR count). The van der Waals surface area contributed by atoms with Crippen molar-refractivity contribution in [1.29, 1.82) is 0 Å². The van der Waals surface area contributed by atoms with Crippen LogP contribution in [0.5, 0.6) is 11.5 Å². The van der Waals surface area contributed by atoms with Gasteiger partial charge in [-0.2, -0.15) is 4.80 Å². The van der Waals surface area contributed by atoms with Crippen molar-refractivity contribution in [2.24, 2.45) is 0 Å². The van der Waals surface area contributed by atoms with Gasteiger partial charge in [-0.3, -0.25) is 4.79 Å². The number of thiophene rings is 1. The molecule has 0 spiro atoms. The number of ether oxygens (including phenoxy) is 2. The van der Waals surface area contributed by atoms with Crippen LogP contribution in [0.4, 0.5) is 5.69 Å². The van der Waals surface area contributed by atoms with Gasteiger partial charge in [0, 0.05) is 22.2 Å². The van der Waals surface area contributed by atoms with Gasteiger partial charge < -0.3 is 14.4 Å². The van der Waals surface area contributed by atoms with Gasteiger partial charge in [0.1, 0.15) is 19.8 Å². The summed E-state index contributed by atoms with van der Waals surface area (Å²) in [7, 11) is 0. The first-order valence-electron chi connectivity index (χ1n) is 9.82. The maximum absolute atomic E-state index is 13.3. The van der Waals surface area contributed by atoms with Crippen molar-refractivity contribution in [2.45, 2.75) is 13.1 Å². The molecule has 4 aromatic rings. The second-order valence-corrected chi connectivity index (χ2v) is 7.93. The maximum Gasteiger partial charge on any atom is 0.250 e. The molecule has 8 nitrogen and oxygen atoms in total.